The Bertz CT molecular complexity index is 399. The van der Waals surface area contributed by atoms with Crippen LogP contribution in [0.4, 0.5) is 5.82 Å². The summed E-state index contributed by atoms with van der Waals surface area (Å²) in [6, 6.07) is 5.61. The third-order valence-electron chi connectivity index (χ3n) is 1.58. The van der Waals surface area contributed by atoms with Crippen LogP contribution in [0.2, 0.25) is 0 Å². The minimum Gasteiger partial charge on any atom is -0.382 e. The van der Waals surface area contributed by atoms with Gasteiger partial charge < -0.3 is 5.73 Å². The Morgan fingerprint density at radius 3 is 2.69 bits per heavy atom. The first-order chi connectivity index (χ1) is 6.36. The highest BCUT2D eigenvalue weighted by Crippen LogP contribution is 2.12. The van der Waals surface area contributed by atoms with Crippen molar-refractivity contribution < 1.29 is 0 Å². The van der Waals surface area contributed by atoms with Crippen LogP contribution in [0.25, 0.3) is 11.4 Å². The van der Waals surface area contributed by atoms with E-state index in [1.807, 2.05) is 18.2 Å². The lowest BCUT2D eigenvalue weighted by Crippen LogP contribution is -1.94. The second kappa shape index (κ2) is 3.18. The van der Waals surface area contributed by atoms with Crippen LogP contribution in [0, 0.1) is 0 Å². The van der Waals surface area contributed by atoms with Gasteiger partial charge in [0.2, 0.25) is 0 Å². The van der Waals surface area contributed by atoms with Crippen molar-refractivity contribution in [3.8, 4) is 11.4 Å². The molecule has 0 amide bonds. The first-order valence-electron chi connectivity index (χ1n) is 3.85. The number of aromatic nitrogens is 3. The Morgan fingerprint density at radius 1 is 1.08 bits per heavy atom. The van der Waals surface area contributed by atoms with E-state index in [0.29, 0.717) is 11.5 Å². The number of nitrogens with zero attached hydrogens (tertiary/aromatic N) is 3. The van der Waals surface area contributed by atoms with Crippen LogP contribution < -0.4 is 5.73 Å². The lowest BCUT2D eigenvalue weighted by molar-refractivity contribution is 1.18. The van der Waals surface area contributed by atoms with Crippen molar-refractivity contribution in [2.45, 2.75) is 0 Å². The number of anilines is 1. The summed E-state index contributed by atoms with van der Waals surface area (Å²) < 4.78 is 0. The zero-order valence-corrected chi connectivity index (χ0v) is 6.88. The van der Waals surface area contributed by atoms with Gasteiger partial charge in [0.1, 0.15) is 11.5 Å². The van der Waals surface area contributed by atoms with Gasteiger partial charge in [-0.05, 0) is 12.1 Å². The number of hydrogen-bond donors (Lipinski definition) is 1. The predicted octanol–water partition coefficient (Wildman–Crippen LogP) is 1.12. The molecule has 0 aromatic carbocycles. The molecule has 0 saturated heterocycles. The molecule has 0 atom stereocenters. The first kappa shape index (κ1) is 7.67. The van der Waals surface area contributed by atoms with Crippen molar-refractivity contribution in [2.24, 2.45) is 0 Å². The number of hydrogen-bond acceptors (Lipinski definition) is 4. The molecule has 64 valence electrons. The molecule has 4 nitrogen and oxygen atoms in total. The minimum atomic E-state index is 0.406. The van der Waals surface area contributed by atoms with Gasteiger partial charge in [0.15, 0.2) is 0 Å². The van der Waals surface area contributed by atoms with Crippen LogP contribution in [-0.2, 0) is 0 Å². The SMILES string of the molecule is Nc1cncc(-c2ccccn2)n1. The highest BCUT2D eigenvalue weighted by Gasteiger charge is 1.99. The van der Waals surface area contributed by atoms with E-state index in [4.69, 9.17) is 5.73 Å². The van der Waals surface area contributed by atoms with Gasteiger partial charge in [-0.2, -0.15) is 0 Å². The van der Waals surface area contributed by atoms with Gasteiger partial charge in [-0.25, -0.2) is 4.98 Å². The van der Waals surface area contributed by atoms with Crippen LogP contribution in [0.5, 0.6) is 0 Å². The molecule has 2 aromatic heterocycles. The molecule has 2 heterocycles. The molecule has 0 radical (unpaired) electrons. The summed E-state index contributed by atoms with van der Waals surface area (Å²) in [7, 11) is 0. The number of pyridine rings is 1. The van der Waals surface area contributed by atoms with Crippen LogP contribution in [-0.4, -0.2) is 15.0 Å². The molecule has 0 aliphatic carbocycles. The van der Waals surface area contributed by atoms with E-state index in [-0.39, 0.29) is 0 Å². The Hall–Kier alpha value is -1.97. The quantitative estimate of drug-likeness (QED) is 0.700. The van der Waals surface area contributed by atoms with Crippen molar-refractivity contribution in [1.29, 1.82) is 0 Å². The molecule has 0 spiro atoms. The maximum absolute atomic E-state index is 5.49. The highest BCUT2D eigenvalue weighted by molar-refractivity contribution is 5.53. The van der Waals surface area contributed by atoms with Crippen molar-refractivity contribution >= 4 is 5.82 Å². The van der Waals surface area contributed by atoms with E-state index in [1.165, 1.54) is 6.20 Å². The molecule has 0 saturated carbocycles. The summed E-state index contributed by atoms with van der Waals surface area (Å²) in [6.45, 7) is 0. The summed E-state index contributed by atoms with van der Waals surface area (Å²) in [6.07, 6.45) is 4.85. The fourth-order valence-corrected chi connectivity index (χ4v) is 1.02. The van der Waals surface area contributed by atoms with Crippen molar-refractivity contribution in [3.63, 3.8) is 0 Å². The number of rotatable bonds is 1. The van der Waals surface area contributed by atoms with Crippen molar-refractivity contribution in [1.82, 2.24) is 15.0 Å². The molecule has 13 heavy (non-hydrogen) atoms. The maximum atomic E-state index is 5.49. The summed E-state index contributed by atoms with van der Waals surface area (Å²) >= 11 is 0. The van der Waals surface area contributed by atoms with Crippen molar-refractivity contribution in [2.75, 3.05) is 5.73 Å². The van der Waals surface area contributed by atoms with E-state index in [0.717, 1.165) is 5.69 Å². The topological polar surface area (TPSA) is 64.7 Å². The molecule has 0 fully saturated rings. The Kier molecular flexibility index (Phi) is 1.88. The Morgan fingerprint density at radius 2 is 2.00 bits per heavy atom. The zero-order valence-electron chi connectivity index (χ0n) is 6.88. The normalized spacial score (nSPS) is 9.85. The van der Waals surface area contributed by atoms with Crippen LogP contribution >= 0.6 is 0 Å². The highest BCUT2D eigenvalue weighted by atomic mass is 14.9. The second-order valence-electron chi connectivity index (χ2n) is 2.54. The summed E-state index contributed by atoms with van der Waals surface area (Å²) in [4.78, 5) is 12.2. The predicted molar refractivity (Wildman–Crippen MR) is 49.7 cm³/mol. The molecule has 0 aliphatic heterocycles. The van der Waals surface area contributed by atoms with E-state index in [9.17, 15) is 0 Å². The van der Waals surface area contributed by atoms with Gasteiger partial charge in [-0.3, -0.25) is 9.97 Å². The van der Waals surface area contributed by atoms with E-state index in [1.54, 1.807) is 12.4 Å². The van der Waals surface area contributed by atoms with Gasteiger partial charge in [-0.15, -0.1) is 0 Å². The molecule has 2 aromatic rings. The Labute approximate surface area is 75.5 Å². The van der Waals surface area contributed by atoms with Gasteiger partial charge in [0, 0.05) is 6.20 Å². The molecular formula is C9H8N4. The second-order valence-corrected chi connectivity index (χ2v) is 2.54. The molecule has 0 bridgehead atoms. The standard InChI is InChI=1S/C9H8N4/c10-9-6-11-5-8(13-9)7-3-1-2-4-12-7/h1-6H,(H2,10,13). The van der Waals surface area contributed by atoms with Crippen LogP contribution in [0.1, 0.15) is 0 Å². The fraction of sp³-hybridized carbons (Fsp3) is 0. The van der Waals surface area contributed by atoms with Crippen LogP contribution in [0.15, 0.2) is 36.8 Å². The Balaban J connectivity index is 2.48. The average molecular weight is 172 g/mol. The summed E-state index contributed by atoms with van der Waals surface area (Å²) in [5.41, 5.74) is 6.97. The first-order valence-corrected chi connectivity index (χ1v) is 3.85. The van der Waals surface area contributed by atoms with Gasteiger partial charge in [0.25, 0.3) is 0 Å². The third kappa shape index (κ3) is 1.61. The van der Waals surface area contributed by atoms with E-state index in [2.05, 4.69) is 15.0 Å². The number of nitrogens with two attached hydrogens (primary N) is 1. The minimum absolute atomic E-state index is 0.406. The average Bonchev–Trinajstić information content (AvgIpc) is 2.19. The molecule has 2 rings (SSSR count). The summed E-state index contributed by atoms with van der Waals surface area (Å²) in [5, 5.41) is 0. The number of nitrogen functional groups attached to an aromatic ring is 1. The van der Waals surface area contributed by atoms with Gasteiger partial charge in [0.05, 0.1) is 18.1 Å². The van der Waals surface area contributed by atoms with E-state index >= 15 is 0 Å². The maximum Gasteiger partial charge on any atom is 0.142 e. The van der Waals surface area contributed by atoms with Crippen LogP contribution in [0.3, 0.4) is 0 Å². The van der Waals surface area contributed by atoms with Gasteiger partial charge >= 0.3 is 0 Å². The fourth-order valence-electron chi connectivity index (χ4n) is 1.02. The monoisotopic (exact) mass is 172 g/mol. The van der Waals surface area contributed by atoms with Gasteiger partial charge in [-0.1, -0.05) is 6.07 Å². The molecule has 4 heteroatoms. The third-order valence-corrected chi connectivity index (χ3v) is 1.58. The molecular weight excluding hydrogens is 164 g/mol. The lowest BCUT2D eigenvalue weighted by Gasteiger charge is -1.98. The zero-order chi connectivity index (χ0) is 9.10. The smallest absolute Gasteiger partial charge is 0.142 e. The lowest BCUT2D eigenvalue weighted by atomic mass is 10.3. The molecule has 0 unspecified atom stereocenters. The molecule has 0 aliphatic rings. The van der Waals surface area contributed by atoms with E-state index < -0.39 is 0 Å². The molecule has 2 N–H and O–H groups in total. The summed E-state index contributed by atoms with van der Waals surface area (Å²) in [5.74, 6) is 0.406. The van der Waals surface area contributed by atoms with Crippen molar-refractivity contribution in [3.05, 3.63) is 36.8 Å². The largest absolute Gasteiger partial charge is 0.382 e.